The van der Waals surface area contributed by atoms with Crippen LogP contribution in [0.25, 0.3) is 21.1 Å². The standard InChI is InChI=1S/C22H22N6OS/c29-21(23-9-12-1-2-12)13-3-5-16-18(8-13)30-22-19(16)20(24-11-25-22)27-15-4-6-17-14(7-15)10-26-28-17/h4,6-7,10-13H,1-3,5,8-9H2,(H,23,29)(H,26,28)(H,24,25,27). The van der Waals surface area contributed by atoms with Gasteiger partial charge in [-0.1, -0.05) is 0 Å². The Hall–Kier alpha value is -3.00. The summed E-state index contributed by atoms with van der Waals surface area (Å²) >= 11 is 1.70. The third-order valence-electron chi connectivity index (χ3n) is 6.18. The molecule has 8 heteroatoms. The van der Waals surface area contributed by atoms with E-state index in [9.17, 15) is 4.79 Å². The number of benzene rings is 1. The van der Waals surface area contributed by atoms with Crippen LogP contribution in [0, 0.1) is 11.8 Å². The predicted molar refractivity (Wildman–Crippen MR) is 118 cm³/mol. The number of fused-ring (bicyclic) bond motifs is 4. The fourth-order valence-corrected chi connectivity index (χ4v) is 5.56. The summed E-state index contributed by atoms with van der Waals surface area (Å²) < 4.78 is 0. The lowest BCUT2D eigenvalue weighted by atomic mass is 9.87. The first-order valence-electron chi connectivity index (χ1n) is 10.5. The summed E-state index contributed by atoms with van der Waals surface area (Å²) in [6.45, 7) is 0.842. The summed E-state index contributed by atoms with van der Waals surface area (Å²) in [5.41, 5.74) is 3.28. The molecule has 3 aromatic heterocycles. The molecule has 1 unspecified atom stereocenters. The molecule has 2 aliphatic carbocycles. The average Bonchev–Trinajstić information content (AvgIpc) is 3.34. The fraction of sp³-hybridized carbons (Fsp3) is 0.364. The SMILES string of the molecule is O=C(NCC1CC1)C1CCc2c(sc3ncnc(Nc4ccc5[nH]ncc5c4)c23)C1. The van der Waals surface area contributed by atoms with Gasteiger partial charge in [-0.3, -0.25) is 9.89 Å². The number of aromatic nitrogens is 4. The number of rotatable bonds is 5. The van der Waals surface area contributed by atoms with E-state index in [1.54, 1.807) is 17.7 Å². The highest BCUT2D eigenvalue weighted by atomic mass is 32.1. The third kappa shape index (κ3) is 3.21. The fourth-order valence-electron chi connectivity index (χ4n) is 4.30. The predicted octanol–water partition coefficient (Wildman–Crippen LogP) is 3.94. The smallest absolute Gasteiger partial charge is 0.223 e. The van der Waals surface area contributed by atoms with Gasteiger partial charge in [0.25, 0.3) is 0 Å². The number of nitrogens with one attached hydrogen (secondary N) is 3. The number of anilines is 2. The maximum absolute atomic E-state index is 12.6. The van der Waals surface area contributed by atoms with E-state index >= 15 is 0 Å². The van der Waals surface area contributed by atoms with E-state index in [0.29, 0.717) is 5.92 Å². The molecule has 3 N–H and O–H groups in total. The molecule has 0 radical (unpaired) electrons. The van der Waals surface area contributed by atoms with Gasteiger partial charge in [-0.25, -0.2) is 9.97 Å². The van der Waals surface area contributed by atoms with Crippen molar-refractivity contribution in [2.45, 2.75) is 32.1 Å². The lowest BCUT2D eigenvalue weighted by Crippen LogP contribution is -2.34. The van der Waals surface area contributed by atoms with E-state index in [2.05, 4.69) is 36.9 Å². The zero-order chi connectivity index (χ0) is 20.1. The molecule has 6 rings (SSSR count). The lowest BCUT2D eigenvalue weighted by Gasteiger charge is -2.21. The summed E-state index contributed by atoms with van der Waals surface area (Å²) in [7, 11) is 0. The third-order valence-corrected chi connectivity index (χ3v) is 7.34. The quantitative estimate of drug-likeness (QED) is 0.456. The van der Waals surface area contributed by atoms with Crippen LogP contribution in [0.5, 0.6) is 0 Å². The highest BCUT2D eigenvalue weighted by Crippen LogP contribution is 2.40. The minimum atomic E-state index is 0.0668. The van der Waals surface area contributed by atoms with Crippen molar-refractivity contribution in [3.05, 3.63) is 41.2 Å². The van der Waals surface area contributed by atoms with Crippen molar-refractivity contribution in [2.24, 2.45) is 11.8 Å². The maximum atomic E-state index is 12.6. The number of aromatic amines is 1. The van der Waals surface area contributed by atoms with Crippen molar-refractivity contribution in [1.82, 2.24) is 25.5 Å². The number of H-pyrrole nitrogens is 1. The Morgan fingerprint density at radius 1 is 1.23 bits per heavy atom. The van der Waals surface area contributed by atoms with Crippen molar-refractivity contribution in [1.29, 1.82) is 0 Å². The van der Waals surface area contributed by atoms with Gasteiger partial charge in [0.15, 0.2) is 0 Å². The molecule has 1 amide bonds. The second-order valence-electron chi connectivity index (χ2n) is 8.33. The van der Waals surface area contributed by atoms with Crippen molar-refractivity contribution in [3.8, 4) is 0 Å². The molecule has 3 heterocycles. The van der Waals surface area contributed by atoms with Crippen LogP contribution in [0.2, 0.25) is 0 Å². The number of nitrogens with zero attached hydrogens (tertiary/aromatic N) is 3. The molecule has 0 saturated heterocycles. The molecule has 1 fully saturated rings. The van der Waals surface area contributed by atoms with E-state index < -0.39 is 0 Å². The second-order valence-corrected chi connectivity index (χ2v) is 9.42. The Morgan fingerprint density at radius 3 is 3.07 bits per heavy atom. The van der Waals surface area contributed by atoms with Crippen molar-refractivity contribution in [3.63, 3.8) is 0 Å². The number of hydrogen-bond acceptors (Lipinski definition) is 6. The van der Waals surface area contributed by atoms with Crippen LogP contribution in [0.4, 0.5) is 11.5 Å². The number of hydrogen-bond donors (Lipinski definition) is 3. The first-order valence-corrected chi connectivity index (χ1v) is 11.3. The van der Waals surface area contributed by atoms with Gasteiger partial charge in [0.2, 0.25) is 5.91 Å². The topological polar surface area (TPSA) is 95.6 Å². The molecule has 30 heavy (non-hydrogen) atoms. The Labute approximate surface area is 177 Å². The minimum absolute atomic E-state index is 0.0668. The molecule has 0 spiro atoms. The summed E-state index contributed by atoms with van der Waals surface area (Å²) in [5, 5.41) is 15.8. The van der Waals surface area contributed by atoms with Gasteiger partial charge in [-0.05, 0) is 61.8 Å². The van der Waals surface area contributed by atoms with E-state index in [-0.39, 0.29) is 11.8 Å². The Bertz CT molecular complexity index is 1260. The molecular weight excluding hydrogens is 396 g/mol. The Kier molecular flexibility index (Phi) is 4.19. The van der Waals surface area contributed by atoms with Gasteiger partial charge in [0.05, 0.1) is 17.1 Å². The van der Waals surface area contributed by atoms with E-state index in [1.165, 1.54) is 23.3 Å². The van der Waals surface area contributed by atoms with Crippen LogP contribution in [0.3, 0.4) is 0 Å². The van der Waals surface area contributed by atoms with E-state index in [1.807, 2.05) is 18.3 Å². The van der Waals surface area contributed by atoms with Gasteiger partial charge < -0.3 is 10.6 Å². The molecule has 152 valence electrons. The highest BCUT2D eigenvalue weighted by Gasteiger charge is 2.30. The first-order chi connectivity index (χ1) is 14.7. The van der Waals surface area contributed by atoms with E-state index in [4.69, 9.17) is 0 Å². The van der Waals surface area contributed by atoms with E-state index in [0.717, 1.165) is 58.4 Å². The number of aryl methyl sites for hydroxylation is 1. The zero-order valence-electron chi connectivity index (χ0n) is 16.4. The highest BCUT2D eigenvalue weighted by molar-refractivity contribution is 7.19. The van der Waals surface area contributed by atoms with Crippen molar-refractivity contribution in [2.75, 3.05) is 11.9 Å². The summed E-state index contributed by atoms with van der Waals surface area (Å²) in [6.07, 6.45) is 8.51. The normalized spacial score (nSPS) is 18.5. The molecule has 2 aliphatic rings. The lowest BCUT2D eigenvalue weighted by molar-refractivity contribution is -0.125. The van der Waals surface area contributed by atoms with Crippen LogP contribution in [-0.2, 0) is 17.6 Å². The molecular formula is C22H22N6OS. The van der Waals surface area contributed by atoms with Crippen molar-refractivity contribution < 1.29 is 4.79 Å². The summed E-state index contributed by atoms with van der Waals surface area (Å²) in [5.74, 6) is 1.82. The van der Waals surface area contributed by atoms with Crippen molar-refractivity contribution >= 4 is 49.9 Å². The average molecular weight is 419 g/mol. The Balaban J connectivity index is 1.28. The van der Waals surface area contributed by atoms with Gasteiger partial charge in [-0.2, -0.15) is 5.10 Å². The molecule has 1 saturated carbocycles. The van der Waals surface area contributed by atoms with Crippen LogP contribution in [0.1, 0.15) is 29.7 Å². The second kappa shape index (κ2) is 7.05. The first kappa shape index (κ1) is 17.8. The number of amides is 1. The maximum Gasteiger partial charge on any atom is 0.223 e. The number of thiophene rings is 1. The van der Waals surface area contributed by atoms with Gasteiger partial charge >= 0.3 is 0 Å². The largest absolute Gasteiger partial charge is 0.356 e. The molecule has 1 aromatic carbocycles. The van der Waals surface area contributed by atoms with Crippen LogP contribution < -0.4 is 10.6 Å². The molecule has 0 bridgehead atoms. The molecule has 0 aliphatic heterocycles. The minimum Gasteiger partial charge on any atom is -0.356 e. The summed E-state index contributed by atoms with van der Waals surface area (Å²) in [4.78, 5) is 23.9. The number of carbonyl (C=O) groups excluding carboxylic acids is 1. The van der Waals surface area contributed by atoms with Crippen LogP contribution >= 0.6 is 11.3 Å². The van der Waals surface area contributed by atoms with Crippen LogP contribution in [0.15, 0.2) is 30.7 Å². The molecule has 1 atom stereocenters. The monoisotopic (exact) mass is 418 g/mol. The van der Waals surface area contributed by atoms with Gasteiger partial charge in [0.1, 0.15) is 17.0 Å². The molecule has 7 nitrogen and oxygen atoms in total. The zero-order valence-corrected chi connectivity index (χ0v) is 17.3. The summed E-state index contributed by atoms with van der Waals surface area (Å²) in [6, 6.07) is 6.09. The number of carbonyl (C=O) groups is 1. The van der Waals surface area contributed by atoms with Crippen LogP contribution in [-0.4, -0.2) is 32.6 Å². The Morgan fingerprint density at radius 2 is 2.17 bits per heavy atom. The van der Waals surface area contributed by atoms with Gasteiger partial charge in [0, 0.05) is 28.4 Å². The molecule has 4 aromatic rings. The van der Waals surface area contributed by atoms with Gasteiger partial charge in [-0.15, -0.1) is 11.3 Å².